The molecule has 4 heteroatoms. The Morgan fingerprint density at radius 3 is 2.35 bits per heavy atom. The van der Waals surface area contributed by atoms with Gasteiger partial charge in [-0.1, -0.05) is 25.1 Å². The number of benzene rings is 1. The predicted octanol–water partition coefficient (Wildman–Crippen LogP) is 1.22. The Hall–Kier alpha value is -1.39. The molecule has 3 unspecified atom stereocenters. The highest BCUT2D eigenvalue weighted by Gasteiger charge is 2.20. The molecule has 0 aromatic heterocycles. The average molecular weight is 238 g/mol. The number of carbonyl (C=O) groups is 1. The second-order valence-electron chi connectivity index (χ2n) is 4.13. The van der Waals surface area contributed by atoms with Crippen molar-refractivity contribution in [1.82, 2.24) is 0 Å². The van der Waals surface area contributed by atoms with Crippen molar-refractivity contribution in [2.45, 2.75) is 26.1 Å². The summed E-state index contributed by atoms with van der Waals surface area (Å²) in [5, 5.41) is 18.9. The van der Waals surface area contributed by atoms with Gasteiger partial charge in [-0.25, -0.2) is 4.79 Å². The summed E-state index contributed by atoms with van der Waals surface area (Å²) in [5.41, 5.74) is 0.449. The fourth-order valence-electron chi connectivity index (χ4n) is 1.29. The maximum Gasteiger partial charge on any atom is 0.338 e. The van der Waals surface area contributed by atoms with E-state index < -0.39 is 18.2 Å². The van der Waals surface area contributed by atoms with Crippen LogP contribution in [0, 0.1) is 5.92 Å². The Labute approximate surface area is 101 Å². The third-order valence-electron chi connectivity index (χ3n) is 2.76. The second kappa shape index (κ2) is 6.37. The molecule has 0 aliphatic carbocycles. The largest absolute Gasteiger partial charge is 0.459 e. The summed E-state index contributed by atoms with van der Waals surface area (Å²) >= 11 is 0. The molecule has 2 N–H and O–H groups in total. The van der Waals surface area contributed by atoms with Gasteiger partial charge >= 0.3 is 5.97 Å². The van der Waals surface area contributed by atoms with Crippen LogP contribution < -0.4 is 0 Å². The second-order valence-corrected chi connectivity index (χ2v) is 4.13. The molecule has 0 fully saturated rings. The Morgan fingerprint density at radius 2 is 1.82 bits per heavy atom. The first-order chi connectivity index (χ1) is 8.02. The molecule has 0 saturated carbocycles. The summed E-state index contributed by atoms with van der Waals surface area (Å²) in [6, 6.07) is 8.58. The number of ether oxygens (including phenoxy) is 1. The number of hydrogen-bond acceptors (Lipinski definition) is 4. The van der Waals surface area contributed by atoms with E-state index in [1.165, 1.54) is 0 Å². The molecule has 1 rings (SSSR count). The molecular weight excluding hydrogens is 220 g/mol. The quantitative estimate of drug-likeness (QED) is 0.757. The van der Waals surface area contributed by atoms with Gasteiger partial charge in [-0.15, -0.1) is 0 Å². The molecule has 0 aliphatic heterocycles. The van der Waals surface area contributed by atoms with E-state index in [1.54, 1.807) is 44.2 Å². The van der Waals surface area contributed by atoms with Crippen molar-refractivity contribution >= 4 is 5.97 Å². The zero-order valence-corrected chi connectivity index (χ0v) is 10.0. The van der Waals surface area contributed by atoms with Crippen molar-refractivity contribution in [2.24, 2.45) is 5.92 Å². The van der Waals surface area contributed by atoms with E-state index in [4.69, 9.17) is 4.74 Å². The zero-order valence-electron chi connectivity index (χ0n) is 10.0. The number of carbonyl (C=O) groups excluding carboxylic acids is 1. The van der Waals surface area contributed by atoms with E-state index in [0.29, 0.717) is 5.56 Å². The molecule has 0 radical (unpaired) electrons. The van der Waals surface area contributed by atoms with Crippen LogP contribution in [0.5, 0.6) is 0 Å². The molecule has 1 aromatic rings. The predicted molar refractivity (Wildman–Crippen MR) is 63.6 cm³/mol. The molecule has 94 valence electrons. The third kappa shape index (κ3) is 4.17. The van der Waals surface area contributed by atoms with E-state index in [1.807, 2.05) is 0 Å². The molecule has 0 heterocycles. The standard InChI is InChI=1S/C13H18O4/c1-9(10(2)14)12(15)8-17-13(16)11-6-4-3-5-7-11/h3-7,9-10,12,14-15H,8H2,1-2H3. The maximum atomic E-state index is 11.5. The van der Waals surface area contributed by atoms with E-state index in [9.17, 15) is 15.0 Å². The molecule has 3 atom stereocenters. The summed E-state index contributed by atoms with van der Waals surface area (Å²) in [6.45, 7) is 3.18. The Balaban J connectivity index is 2.44. The minimum atomic E-state index is -0.859. The number of aliphatic hydroxyl groups is 2. The monoisotopic (exact) mass is 238 g/mol. The number of hydrogen-bond donors (Lipinski definition) is 2. The highest BCUT2D eigenvalue weighted by Crippen LogP contribution is 2.10. The van der Waals surface area contributed by atoms with Crippen LogP contribution in [0.4, 0.5) is 0 Å². The van der Waals surface area contributed by atoms with Crippen LogP contribution in [0.1, 0.15) is 24.2 Å². The summed E-state index contributed by atoms with van der Waals surface area (Å²) in [7, 11) is 0. The molecular formula is C13H18O4. The van der Waals surface area contributed by atoms with E-state index in [2.05, 4.69) is 0 Å². The molecule has 0 amide bonds. The third-order valence-corrected chi connectivity index (χ3v) is 2.76. The van der Waals surface area contributed by atoms with Gasteiger partial charge in [-0.3, -0.25) is 0 Å². The summed E-state index contributed by atoms with van der Waals surface area (Å²) in [5.74, 6) is -0.805. The highest BCUT2D eigenvalue weighted by molar-refractivity contribution is 5.89. The number of esters is 1. The highest BCUT2D eigenvalue weighted by atomic mass is 16.5. The average Bonchev–Trinajstić information content (AvgIpc) is 2.35. The van der Waals surface area contributed by atoms with Gasteiger partial charge in [0.05, 0.1) is 17.8 Å². The minimum absolute atomic E-state index is 0.111. The van der Waals surface area contributed by atoms with Gasteiger partial charge in [0.1, 0.15) is 6.61 Å². The van der Waals surface area contributed by atoms with E-state index in [0.717, 1.165) is 0 Å². The van der Waals surface area contributed by atoms with Gasteiger partial charge in [-0.05, 0) is 19.1 Å². The molecule has 0 saturated heterocycles. The SMILES string of the molecule is CC(O)C(C)C(O)COC(=O)c1ccccc1. The van der Waals surface area contributed by atoms with Gasteiger partial charge in [0.2, 0.25) is 0 Å². The van der Waals surface area contributed by atoms with Gasteiger partial charge < -0.3 is 14.9 Å². The van der Waals surface area contributed by atoms with Crippen LogP contribution >= 0.6 is 0 Å². The first-order valence-electron chi connectivity index (χ1n) is 5.60. The fraction of sp³-hybridized carbons (Fsp3) is 0.462. The van der Waals surface area contributed by atoms with Crippen LogP contribution in [0.25, 0.3) is 0 Å². The normalized spacial score (nSPS) is 16.0. The van der Waals surface area contributed by atoms with Crippen LogP contribution in [0.3, 0.4) is 0 Å². The molecule has 4 nitrogen and oxygen atoms in total. The lowest BCUT2D eigenvalue weighted by molar-refractivity contribution is -0.0172. The first-order valence-corrected chi connectivity index (χ1v) is 5.60. The molecule has 0 aliphatic rings. The van der Waals surface area contributed by atoms with Gasteiger partial charge in [0.25, 0.3) is 0 Å². The Morgan fingerprint density at radius 1 is 1.24 bits per heavy atom. The summed E-state index contributed by atoms with van der Waals surface area (Å²) < 4.78 is 4.96. The smallest absolute Gasteiger partial charge is 0.338 e. The number of aliphatic hydroxyl groups excluding tert-OH is 2. The van der Waals surface area contributed by atoms with Crippen molar-refractivity contribution in [1.29, 1.82) is 0 Å². The van der Waals surface area contributed by atoms with E-state index >= 15 is 0 Å². The minimum Gasteiger partial charge on any atom is -0.459 e. The lowest BCUT2D eigenvalue weighted by atomic mass is 10.0. The van der Waals surface area contributed by atoms with Crippen molar-refractivity contribution in [3.05, 3.63) is 35.9 Å². The van der Waals surface area contributed by atoms with Crippen LogP contribution in [-0.4, -0.2) is 35.0 Å². The molecule has 0 bridgehead atoms. The van der Waals surface area contributed by atoms with Crippen molar-refractivity contribution in [3.63, 3.8) is 0 Å². The topological polar surface area (TPSA) is 66.8 Å². The molecule has 0 spiro atoms. The van der Waals surface area contributed by atoms with Crippen LogP contribution in [0.15, 0.2) is 30.3 Å². The summed E-state index contributed by atoms with van der Waals surface area (Å²) in [6.07, 6.45) is -1.50. The van der Waals surface area contributed by atoms with Crippen molar-refractivity contribution < 1.29 is 19.7 Å². The van der Waals surface area contributed by atoms with Crippen molar-refractivity contribution in [3.8, 4) is 0 Å². The Bertz CT molecular complexity index is 348. The summed E-state index contributed by atoms with van der Waals surface area (Å²) in [4.78, 5) is 11.5. The lowest BCUT2D eigenvalue weighted by Crippen LogP contribution is -2.32. The maximum absolute atomic E-state index is 11.5. The van der Waals surface area contributed by atoms with Crippen LogP contribution in [0.2, 0.25) is 0 Å². The van der Waals surface area contributed by atoms with Gasteiger partial charge in [-0.2, -0.15) is 0 Å². The zero-order chi connectivity index (χ0) is 12.8. The van der Waals surface area contributed by atoms with Crippen LogP contribution in [-0.2, 0) is 4.74 Å². The molecule has 17 heavy (non-hydrogen) atoms. The number of rotatable bonds is 5. The van der Waals surface area contributed by atoms with Crippen molar-refractivity contribution in [2.75, 3.05) is 6.61 Å². The van der Waals surface area contributed by atoms with Gasteiger partial charge in [0, 0.05) is 5.92 Å². The Kier molecular flexibility index (Phi) is 5.12. The fourth-order valence-corrected chi connectivity index (χ4v) is 1.29. The lowest BCUT2D eigenvalue weighted by Gasteiger charge is -2.20. The van der Waals surface area contributed by atoms with Gasteiger partial charge in [0.15, 0.2) is 0 Å². The first kappa shape index (κ1) is 13.7. The molecule has 1 aromatic carbocycles. The van der Waals surface area contributed by atoms with E-state index in [-0.39, 0.29) is 12.5 Å².